The third-order valence-corrected chi connectivity index (χ3v) is 3.25. The zero-order valence-corrected chi connectivity index (χ0v) is 11.1. The number of hydrogen-bond donors (Lipinski definition) is 1. The zero-order chi connectivity index (χ0) is 11.2. The van der Waals surface area contributed by atoms with E-state index in [0.717, 1.165) is 6.42 Å². The van der Waals surface area contributed by atoms with Crippen LogP contribution in [0.3, 0.4) is 0 Å². The molecule has 1 N–H and O–H groups in total. The summed E-state index contributed by atoms with van der Waals surface area (Å²) in [6.45, 7) is 8.16. The van der Waals surface area contributed by atoms with Gasteiger partial charge in [-0.3, -0.25) is 0 Å². The van der Waals surface area contributed by atoms with Gasteiger partial charge >= 0.3 is 0 Å². The number of nitrogens with one attached hydrogen (secondary N) is 1. The van der Waals surface area contributed by atoms with Crippen molar-refractivity contribution in [1.29, 1.82) is 0 Å². The molecule has 1 unspecified atom stereocenters. The Hall–Kier alpha value is -0.370. The molecule has 0 radical (unpaired) electrons. The standard InChI is InChI=1S/C12H25NS/c1-7-9-11(3)13-12(8-2)10-14(4,5)6/h8-9,12-13H,2,7,10H2,1,3-6H3/b11-9-. The molecule has 0 aromatic carbocycles. The second-order valence-electron chi connectivity index (χ2n) is 4.54. The highest BCUT2D eigenvalue weighted by Gasteiger charge is 2.11. The van der Waals surface area contributed by atoms with Crippen LogP contribution in [0.25, 0.3) is 0 Å². The van der Waals surface area contributed by atoms with Gasteiger partial charge in [-0.25, -0.2) is 10.0 Å². The molecule has 1 nitrogen and oxygen atoms in total. The predicted molar refractivity (Wildman–Crippen MR) is 71.4 cm³/mol. The van der Waals surface area contributed by atoms with Gasteiger partial charge in [0.25, 0.3) is 0 Å². The van der Waals surface area contributed by atoms with Gasteiger partial charge in [0.15, 0.2) is 0 Å². The Balaban J connectivity index is 4.17. The van der Waals surface area contributed by atoms with Crippen LogP contribution in [-0.2, 0) is 0 Å². The van der Waals surface area contributed by atoms with Crippen LogP contribution >= 0.6 is 10.0 Å². The fourth-order valence-corrected chi connectivity index (χ4v) is 2.66. The maximum Gasteiger partial charge on any atom is 0.0514 e. The second-order valence-corrected chi connectivity index (χ2v) is 9.05. The Morgan fingerprint density at radius 2 is 2.00 bits per heavy atom. The molecule has 0 aliphatic heterocycles. The average molecular weight is 215 g/mol. The molecule has 0 heterocycles. The van der Waals surface area contributed by atoms with Crippen LogP contribution in [0.4, 0.5) is 0 Å². The molecule has 0 aromatic rings. The van der Waals surface area contributed by atoms with Gasteiger partial charge in [-0.1, -0.05) is 19.1 Å². The van der Waals surface area contributed by atoms with Crippen LogP contribution in [0.15, 0.2) is 24.4 Å². The number of rotatable bonds is 6. The van der Waals surface area contributed by atoms with Crippen molar-refractivity contribution < 1.29 is 0 Å². The molecule has 0 saturated heterocycles. The first-order valence-corrected chi connectivity index (χ1v) is 8.13. The lowest BCUT2D eigenvalue weighted by molar-refractivity contribution is 0.732. The smallest absolute Gasteiger partial charge is 0.0514 e. The van der Waals surface area contributed by atoms with Crippen LogP contribution in [0, 0.1) is 0 Å². The SMILES string of the molecule is C=CC(CS(C)(C)C)N/C(C)=C\CC. The molecule has 84 valence electrons. The van der Waals surface area contributed by atoms with E-state index < -0.39 is 10.0 Å². The van der Waals surface area contributed by atoms with E-state index in [4.69, 9.17) is 0 Å². The van der Waals surface area contributed by atoms with Crippen LogP contribution in [0.5, 0.6) is 0 Å². The second kappa shape index (κ2) is 6.18. The molecule has 0 fully saturated rings. The van der Waals surface area contributed by atoms with Gasteiger partial charge in [-0.05, 0) is 32.1 Å². The van der Waals surface area contributed by atoms with E-state index in [1.54, 1.807) is 0 Å². The van der Waals surface area contributed by atoms with Gasteiger partial charge in [-0.2, -0.15) is 0 Å². The summed E-state index contributed by atoms with van der Waals surface area (Å²) in [5.74, 6) is 1.20. The largest absolute Gasteiger partial charge is 0.382 e. The molecule has 2 heteroatoms. The molecule has 0 spiro atoms. The third kappa shape index (κ3) is 7.07. The molecule has 0 aliphatic rings. The molecule has 0 aliphatic carbocycles. The van der Waals surface area contributed by atoms with Crippen LogP contribution in [0.1, 0.15) is 20.3 Å². The minimum Gasteiger partial charge on any atom is -0.382 e. The molecular formula is C12H25NS. The quantitative estimate of drug-likeness (QED) is 0.671. The van der Waals surface area contributed by atoms with Gasteiger partial charge in [0.1, 0.15) is 0 Å². The molecule has 0 rings (SSSR count). The first-order chi connectivity index (χ1) is 6.39. The van der Waals surface area contributed by atoms with Crippen molar-refractivity contribution in [3.63, 3.8) is 0 Å². The lowest BCUT2D eigenvalue weighted by Gasteiger charge is -2.30. The summed E-state index contributed by atoms with van der Waals surface area (Å²) < 4.78 is 0. The monoisotopic (exact) mass is 215 g/mol. The summed E-state index contributed by atoms with van der Waals surface area (Å²) in [6.07, 6.45) is 12.3. The van der Waals surface area contributed by atoms with Crippen molar-refractivity contribution in [3.05, 3.63) is 24.4 Å². The zero-order valence-electron chi connectivity index (χ0n) is 10.3. The molecule has 14 heavy (non-hydrogen) atoms. The van der Waals surface area contributed by atoms with Gasteiger partial charge in [0.05, 0.1) is 6.04 Å². The van der Waals surface area contributed by atoms with Crippen molar-refractivity contribution >= 4 is 10.0 Å². The third-order valence-electron chi connectivity index (χ3n) is 1.89. The van der Waals surface area contributed by atoms with E-state index in [1.807, 2.05) is 6.08 Å². The van der Waals surface area contributed by atoms with Crippen molar-refractivity contribution in [2.24, 2.45) is 0 Å². The summed E-state index contributed by atoms with van der Waals surface area (Å²) in [7, 11) is -0.457. The summed E-state index contributed by atoms with van der Waals surface area (Å²) in [5.41, 5.74) is 1.26. The lowest BCUT2D eigenvalue weighted by atomic mass is 10.3. The van der Waals surface area contributed by atoms with Gasteiger partial charge in [0.2, 0.25) is 0 Å². The van der Waals surface area contributed by atoms with E-state index in [2.05, 4.69) is 50.6 Å². The fraction of sp³-hybridized carbons (Fsp3) is 0.667. The fourth-order valence-electron chi connectivity index (χ4n) is 1.36. The van der Waals surface area contributed by atoms with Crippen molar-refractivity contribution in [1.82, 2.24) is 5.32 Å². The van der Waals surface area contributed by atoms with Crippen LogP contribution in [0.2, 0.25) is 0 Å². The van der Waals surface area contributed by atoms with E-state index >= 15 is 0 Å². The van der Waals surface area contributed by atoms with Gasteiger partial charge in [0, 0.05) is 11.4 Å². The summed E-state index contributed by atoms with van der Waals surface area (Å²) in [6, 6.07) is 0.424. The molecule has 1 atom stereocenters. The van der Waals surface area contributed by atoms with E-state index in [1.165, 1.54) is 11.4 Å². The number of allylic oxidation sites excluding steroid dienone is 2. The Kier molecular flexibility index (Phi) is 6.01. The molecule has 0 bridgehead atoms. The predicted octanol–water partition coefficient (Wildman–Crippen LogP) is 3.14. The highest BCUT2D eigenvalue weighted by molar-refractivity contribution is 8.32. The van der Waals surface area contributed by atoms with Gasteiger partial charge in [-0.15, -0.1) is 6.58 Å². The normalized spacial score (nSPS) is 16.2. The lowest BCUT2D eigenvalue weighted by Crippen LogP contribution is -2.30. The maximum atomic E-state index is 3.88. The van der Waals surface area contributed by atoms with Crippen molar-refractivity contribution in [3.8, 4) is 0 Å². The van der Waals surface area contributed by atoms with Crippen LogP contribution in [-0.4, -0.2) is 30.6 Å². The van der Waals surface area contributed by atoms with Crippen molar-refractivity contribution in [2.45, 2.75) is 26.3 Å². The molecule has 0 saturated carbocycles. The first kappa shape index (κ1) is 13.6. The minimum atomic E-state index is -0.457. The van der Waals surface area contributed by atoms with E-state index in [9.17, 15) is 0 Å². The Labute approximate surface area is 91.0 Å². The summed E-state index contributed by atoms with van der Waals surface area (Å²) in [4.78, 5) is 0. The van der Waals surface area contributed by atoms with Crippen LogP contribution < -0.4 is 5.32 Å². The molecule has 0 aromatic heterocycles. The Bertz CT molecular complexity index is 201. The highest BCUT2D eigenvalue weighted by Crippen LogP contribution is 2.35. The molecule has 0 amide bonds. The summed E-state index contributed by atoms with van der Waals surface area (Å²) >= 11 is 0. The van der Waals surface area contributed by atoms with Gasteiger partial charge < -0.3 is 5.32 Å². The Morgan fingerprint density at radius 3 is 2.36 bits per heavy atom. The van der Waals surface area contributed by atoms with E-state index in [0.29, 0.717) is 6.04 Å². The average Bonchev–Trinajstić information content (AvgIpc) is 2.01. The first-order valence-electron chi connectivity index (χ1n) is 5.11. The topological polar surface area (TPSA) is 12.0 Å². The minimum absolute atomic E-state index is 0.424. The highest BCUT2D eigenvalue weighted by atomic mass is 32.3. The summed E-state index contributed by atoms with van der Waals surface area (Å²) in [5, 5.41) is 3.49. The molecular weight excluding hydrogens is 190 g/mol. The number of hydrogen-bond acceptors (Lipinski definition) is 1. The van der Waals surface area contributed by atoms with E-state index in [-0.39, 0.29) is 0 Å². The Morgan fingerprint density at radius 1 is 1.43 bits per heavy atom. The van der Waals surface area contributed by atoms with Crippen molar-refractivity contribution in [2.75, 3.05) is 24.5 Å². The maximum absolute atomic E-state index is 3.88.